The molecule has 3 aromatic carbocycles. The maximum Gasteiger partial charge on any atom is 0.251 e. The summed E-state index contributed by atoms with van der Waals surface area (Å²) >= 11 is 1.24. The zero-order chi connectivity index (χ0) is 32.1. The number of thioether (sulfide) groups is 1. The molecule has 12 nitrogen and oxygen atoms in total. The average molecular weight is 651 g/mol. The molecule has 0 unspecified atom stereocenters. The number of hydrogen-bond donors (Lipinski definition) is 1. The van der Waals surface area contributed by atoms with E-state index >= 15 is 0 Å². The Morgan fingerprint density at radius 3 is 2.44 bits per heavy atom. The van der Waals surface area contributed by atoms with Gasteiger partial charge in [-0.05, 0) is 60.9 Å². The van der Waals surface area contributed by atoms with Crippen LogP contribution in [0.1, 0.15) is 28.2 Å². The third kappa shape index (κ3) is 6.82. The van der Waals surface area contributed by atoms with Crippen LogP contribution in [0.15, 0.2) is 76.8 Å². The molecule has 0 saturated heterocycles. The summed E-state index contributed by atoms with van der Waals surface area (Å²) in [6, 6.07) is 18.9. The van der Waals surface area contributed by atoms with Gasteiger partial charge in [0, 0.05) is 38.0 Å². The second-order valence-corrected chi connectivity index (χ2v) is 13.4. The maximum atomic E-state index is 13.4. The summed E-state index contributed by atoms with van der Waals surface area (Å²) in [5, 5.41) is 12.0. The molecule has 45 heavy (non-hydrogen) atoms. The number of aryl methyl sites for hydroxylation is 1. The molecule has 2 amide bonds. The number of anilines is 1. The fraction of sp³-hybridized carbons (Fsp3) is 0.290. The van der Waals surface area contributed by atoms with Crippen LogP contribution in [0.5, 0.6) is 11.5 Å². The van der Waals surface area contributed by atoms with Crippen LogP contribution in [-0.4, -0.2) is 79.9 Å². The number of amides is 2. The Balaban J connectivity index is 1.39. The molecule has 1 N–H and O–H groups in total. The summed E-state index contributed by atoms with van der Waals surface area (Å²) in [5.74, 6) is 1.11. The molecule has 0 radical (unpaired) electrons. The van der Waals surface area contributed by atoms with Crippen LogP contribution in [-0.2, 0) is 27.8 Å². The molecule has 1 aromatic heterocycles. The van der Waals surface area contributed by atoms with Gasteiger partial charge in [0.25, 0.3) is 5.91 Å². The fourth-order valence-electron chi connectivity index (χ4n) is 4.97. The Morgan fingerprint density at radius 1 is 0.978 bits per heavy atom. The van der Waals surface area contributed by atoms with Crippen LogP contribution in [0.3, 0.4) is 0 Å². The van der Waals surface area contributed by atoms with Gasteiger partial charge in [-0.2, -0.15) is 0 Å². The van der Waals surface area contributed by atoms with Crippen LogP contribution in [0.2, 0.25) is 0 Å². The molecular formula is C31H34N6O6S2. The van der Waals surface area contributed by atoms with Gasteiger partial charge in [0.2, 0.25) is 15.9 Å². The quantitative estimate of drug-likeness (QED) is 0.242. The Morgan fingerprint density at radius 2 is 1.73 bits per heavy atom. The van der Waals surface area contributed by atoms with Crippen LogP contribution < -0.4 is 19.7 Å². The summed E-state index contributed by atoms with van der Waals surface area (Å²) in [7, 11) is 2.36. The van der Waals surface area contributed by atoms with Gasteiger partial charge >= 0.3 is 0 Å². The number of nitrogens with zero attached hydrogens (tertiary/aromatic N) is 5. The lowest BCUT2D eigenvalue weighted by molar-refractivity contribution is -0.116. The minimum atomic E-state index is -3.63. The Hall–Kier alpha value is -4.40. The second kappa shape index (κ2) is 13.7. The lowest BCUT2D eigenvalue weighted by Crippen LogP contribution is -2.36. The topological polar surface area (TPSA) is 136 Å². The van der Waals surface area contributed by atoms with Crippen molar-refractivity contribution in [1.29, 1.82) is 0 Å². The highest BCUT2D eigenvalue weighted by Crippen LogP contribution is 2.33. The smallest absolute Gasteiger partial charge is 0.251 e. The molecule has 4 aromatic rings. The number of benzene rings is 3. The Kier molecular flexibility index (Phi) is 9.75. The predicted octanol–water partition coefficient (Wildman–Crippen LogP) is 3.54. The zero-order valence-corrected chi connectivity index (χ0v) is 27.0. The first-order chi connectivity index (χ1) is 21.6. The summed E-state index contributed by atoms with van der Waals surface area (Å²) in [5.41, 5.74) is 2.93. The van der Waals surface area contributed by atoms with E-state index in [0.29, 0.717) is 34.7 Å². The number of carbonyl (C=O) groups is 2. The van der Waals surface area contributed by atoms with Crippen LogP contribution in [0.25, 0.3) is 5.69 Å². The molecule has 14 heteroatoms. The van der Waals surface area contributed by atoms with Crippen molar-refractivity contribution in [2.24, 2.45) is 0 Å². The summed E-state index contributed by atoms with van der Waals surface area (Å²) in [6.45, 7) is 0.629. The van der Waals surface area contributed by atoms with Gasteiger partial charge in [0.05, 0.1) is 37.1 Å². The van der Waals surface area contributed by atoms with Gasteiger partial charge in [-0.15, -0.1) is 10.2 Å². The highest BCUT2D eigenvalue weighted by Gasteiger charge is 2.25. The normalized spacial score (nSPS) is 13.0. The SMILES string of the molecule is COc1ccc(OC)c(-n2c(CNC(=O)c3ccc(S(=O)(=O)N(C)C)cc3)nnc2SCC(=O)N2CCCc3ccccc32)c1. The van der Waals surface area contributed by atoms with Crippen molar-refractivity contribution in [3.63, 3.8) is 0 Å². The molecule has 0 aliphatic carbocycles. The first-order valence-corrected chi connectivity index (χ1v) is 16.5. The molecule has 0 spiro atoms. The average Bonchev–Trinajstić information content (AvgIpc) is 3.47. The molecule has 1 aliphatic rings. The third-order valence-electron chi connectivity index (χ3n) is 7.37. The van der Waals surface area contributed by atoms with Gasteiger partial charge in [0.1, 0.15) is 11.5 Å². The van der Waals surface area contributed by atoms with Gasteiger partial charge in [-0.1, -0.05) is 30.0 Å². The lowest BCUT2D eigenvalue weighted by atomic mass is 10.0. The third-order valence-corrected chi connectivity index (χ3v) is 10.1. The largest absolute Gasteiger partial charge is 0.497 e. The van der Waals surface area contributed by atoms with Crippen molar-refractivity contribution in [2.75, 3.05) is 45.5 Å². The van der Waals surface area contributed by atoms with Crippen molar-refractivity contribution in [3.8, 4) is 17.2 Å². The highest BCUT2D eigenvalue weighted by atomic mass is 32.2. The fourth-order valence-corrected chi connectivity index (χ4v) is 6.71. The number of nitrogens with one attached hydrogen (secondary N) is 1. The van der Waals surface area contributed by atoms with Gasteiger partial charge in [-0.25, -0.2) is 12.7 Å². The molecular weight excluding hydrogens is 617 g/mol. The van der Waals surface area contributed by atoms with Crippen molar-refractivity contribution in [1.82, 2.24) is 24.4 Å². The van der Waals surface area contributed by atoms with Crippen molar-refractivity contribution < 1.29 is 27.5 Å². The van der Waals surface area contributed by atoms with E-state index < -0.39 is 15.9 Å². The number of sulfonamides is 1. The number of fused-ring (bicyclic) bond motifs is 1. The summed E-state index contributed by atoms with van der Waals surface area (Å²) in [4.78, 5) is 28.4. The van der Waals surface area contributed by atoms with E-state index in [1.165, 1.54) is 50.1 Å². The Labute approximate surface area is 266 Å². The first kappa shape index (κ1) is 32.0. The van der Waals surface area contributed by atoms with E-state index in [4.69, 9.17) is 9.47 Å². The predicted molar refractivity (Wildman–Crippen MR) is 171 cm³/mol. The number of methoxy groups -OCH3 is 2. The highest BCUT2D eigenvalue weighted by molar-refractivity contribution is 7.99. The van der Waals surface area contributed by atoms with Gasteiger partial charge < -0.3 is 19.7 Å². The van der Waals surface area contributed by atoms with E-state index in [1.54, 1.807) is 37.0 Å². The second-order valence-electron chi connectivity index (χ2n) is 10.3. The number of para-hydroxylation sites is 1. The molecule has 0 saturated carbocycles. The summed E-state index contributed by atoms with van der Waals surface area (Å²) in [6.07, 6.45) is 1.83. The van der Waals surface area contributed by atoms with E-state index in [0.717, 1.165) is 28.4 Å². The van der Waals surface area contributed by atoms with Gasteiger partial charge in [0.15, 0.2) is 11.0 Å². The monoisotopic (exact) mass is 650 g/mol. The van der Waals surface area contributed by atoms with Crippen molar-refractivity contribution in [2.45, 2.75) is 29.4 Å². The van der Waals surface area contributed by atoms with Crippen LogP contribution in [0.4, 0.5) is 5.69 Å². The number of carbonyl (C=O) groups excluding carboxylic acids is 2. The van der Waals surface area contributed by atoms with Crippen molar-refractivity contribution in [3.05, 3.63) is 83.7 Å². The lowest BCUT2D eigenvalue weighted by Gasteiger charge is -2.29. The summed E-state index contributed by atoms with van der Waals surface area (Å²) < 4.78 is 38.7. The molecule has 5 rings (SSSR count). The molecule has 0 bridgehead atoms. The van der Waals surface area contributed by atoms with E-state index in [9.17, 15) is 18.0 Å². The molecule has 2 heterocycles. The van der Waals surface area contributed by atoms with Crippen molar-refractivity contribution >= 4 is 39.3 Å². The number of rotatable bonds is 11. The molecule has 236 valence electrons. The maximum absolute atomic E-state index is 13.4. The molecule has 0 atom stereocenters. The van der Waals surface area contributed by atoms with Crippen LogP contribution >= 0.6 is 11.8 Å². The minimum Gasteiger partial charge on any atom is -0.497 e. The zero-order valence-electron chi connectivity index (χ0n) is 25.4. The first-order valence-electron chi connectivity index (χ1n) is 14.1. The molecule has 1 aliphatic heterocycles. The number of hydrogen-bond acceptors (Lipinski definition) is 9. The minimum absolute atomic E-state index is 0.0159. The Bertz CT molecular complexity index is 1810. The molecule has 0 fully saturated rings. The standard InChI is InChI=1S/C31H34N6O6S2/c1-35(2)45(40,41)24-14-11-22(12-15-24)30(39)32-19-28-33-34-31(37(28)26-18-23(42-3)13-16-27(26)43-4)44-20-29(38)36-17-7-9-21-8-5-6-10-25(21)36/h5-6,8,10-16,18H,7,9,17,19-20H2,1-4H3,(H,32,39). The van der Waals surface area contributed by atoms with E-state index in [1.807, 2.05) is 29.2 Å². The van der Waals surface area contributed by atoms with E-state index in [2.05, 4.69) is 15.5 Å². The number of ether oxygens (including phenoxy) is 2. The van der Waals surface area contributed by atoms with E-state index in [-0.39, 0.29) is 28.7 Å². The number of aromatic nitrogens is 3. The van der Waals surface area contributed by atoms with Crippen LogP contribution in [0, 0.1) is 0 Å². The van der Waals surface area contributed by atoms with Gasteiger partial charge in [-0.3, -0.25) is 14.2 Å².